The summed E-state index contributed by atoms with van der Waals surface area (Å²) in [5.74, 6) is -1.99. The first-order valence-corrected chi connectivity index (χ1v) is 10.3. The Hall–Kier alpha value is -3.68. The number of nitrogens with zero attached hydrogens (tertiary/aromatic N) is 5. The van der Waals surface area contributed by atoms with E-state index in [0.29, 0.717) is 11.4 Å². The Morgan fingerprint density at radius 1 is 0.719 bits per heavy atom. The van der Waals surface area contributed by atoms with Crippen LogP contribution in [0, 0.1) is 11.6 Å². The third kappa shape index (κ3) is 6.41. The van der Waals surface area contributed by atoms with Gasteiger partial charge in [0.1, 0.15) is 0 Å². The van der Waals surface area contributed by atoms with Gasteiger partial charge in [0.2, 0.25) is 0 Å². The minimum absolute atomic E-state index is 0.0628. The lowest BCUT2D eigenvalue weighted by molar-refractivity contribution is 0.279. The predicted octanol–water partition coefficient (Wildman–Crippen LogP) is 8.04. The summed E-state index contributed by atoms with van der Waals surface area (Å²) in [5.41, 5.74) is 3.05. The largest absolute Gasteiger partial charge is 0.488 e. The average molecular weight is 437 g/mol. The van der Waals surface area contributed by atoms with Crippen LogP contribution >= 0.6 is 0 Å². The molecule has 0 atom stereocenters. The zero-order valence-corrected chi connectivity index (χ0v) is 18.3. The zero-order chi connectivity index (χ0) is 22.9. The molecule has 32 heavy (non-hydrogen) atoms. The second-order valence-corrected chi connectivity index (χ2v) is 7.27. The van der Waals surface area contributed by atoms with Crippen molar-refractivity contribution in [1.29, 1.82) is 0 Å². The third-order valence-corrected chi connectivity index (χ3v) is 4.51. The number of anilines is 1. The summed E-state index contributed by atoms with van der Waals surface area (Å²) >= 11 is 0. The molecule has 0 radical (unpaired) electrons. The molecule has 0 saturated heterocycles. The average Bonchev–Trinajstić information content (AvgIpc) is 2.79. The number of rotatable bonds is 9. The van der Waals surface area contributed by atoms with Gasteiger partial charge in [0.05, 0.1) is 29.4 Å². The quantitative estimate of drug-likeness (QED) is 0.251. The van der Waals surface area contributed by atoms with Gasteiger partial charge in [-0.2, -0.15) is 20.5 Å². The van der Waals surface area contributed by atoms with Gasteiger partial charge in [0.25, 0.3) is 0 Å². The summed E-state index contributed by atoms with van der Waals surface area (Å²) in [5, 5.41) is 16.3. The maximum atomic E-state index is 14.1. The van der Waals surface area contributed by atoms with E-state index < -0.39 is 11.6 Å². The van der Waals surface area contributed by atoms with E-state index in [9.17, 15) is 8.78 Å². The Morgan fingerprint density at radius 2 is 1.16 bits per heavy atom. The van der Waals surface area contributed by atoms with Gasteiger partial charge in [0, 0.05) is 31.9 Å². The van der Waals surface area contributed by atoms with E-state index in [1.807, 2.05) is 50.2 Å². The Balaban J connectivity index is 1.63. The number of hydrogen-bond donors (Lipinski definition) is 0. The van der Waals surface area contributed by atoms with E-state index in [0.717, 1.165) is 36.3 Å². The summed E-state index contributed by atoms with van der Waals surface area (Å²) in [6.45, 7) is 2.23. The van der Waals surface area contributed by atoms with Crippen molar-refractivity contribution in [3.05, 3.63) is 72.3 Å². The van der Waals surface area contributed by atoms with Gasteiger partial charge >= 0.3 is 0 Å². The van der Waals surface area contributed by atoms with Crippen LogP contribution in [-0.2, 0) is 0 Å². The van der Waals surface area contributed by atoms with E-state index in [1.54, 1.807) is 24.3 Å². The van der Waals surface area contributed by atoms with Gasteiger partial charge in [-0.3, -0.25) is 0 Å². The van der Waals surface area contributed by atoms with Gasteiger partial charge < -0.3 is 9.64 Å². The normalized spacial score (nSPS) is 11.4. The molecule has 0 unspecified atom stereocenters. The smallest absolute Gasteiger partial charge is 0.190 e. The zero-order valence-electron chi connectivity index (χ0n) is 18.3. The number of ether oxygens (including phenoxy) is 1. The number of hydrogen-bond acceptors (Lipinski definition) is 6. The number of benzene rings is 3. The van der Waals surface area contributed by atoms with Crippen LogP contribution in [0.3, 0.4) is 0 Å². The van der Waals surface area contributed by atoms with Crippen molar-refractivity contribution in [3.63, 3.8) is 0 Å². The van der Waals surface area contributed by atoms with Crippen LogP contribution in [0.25, 0.3) is 0 Å². The Bertz CT molecular complexity index is 1060. The molecule has 0 aliphatic carbocycles. The highest BCUT2D eigenvalue weighted by Crippen LogP contribution is 2.29. The van der Waals surface area contributed by atoms with Crippen LogP contribution in [0.4, 0.5) is 37.2 Å². The van der Waals surface area contributed by atoms with Crippen molar-refractivity contribution in [2.45, 2.75) is 19.8 Å². The monoisotopic (exact) mass is 437 g/mol. The standard InChI is InChI=1S/C24H25F2N5O/c1-4-5-14-32-24-22(25)15-20(16-23(24)26)30-29-18-8-6-17(7-9-18)27-28-19-10-12-21(13-11-19)31(2)3/h6-13,15-16H,4-5,14H2,1-3H3. The molecule has 0 spiro atoms. The first-order chi connectivity index (χ1) is 15.5. The van der Waals surface area contributed by atoms with E-state index in [1.165, 1.54) is 0 Å². The fourth-order valence-electron chi connectivity index (χ4n) is 2.70. The van der Waals surface area contributed by atoms with Crippen molar-refractivity contribution < 1.29 is 13.5 Å². The lowest BCUT2D eigenvalue weighted by Gasteiger charge is -2.11. The molecule has 0 aliphatic heterocycles. The third-order valence-electron chi connectivity index (χ3n) is 4.51. The van der Waals surface area contributed by atoms with Gasteiger partial charge in [-0.25, -0.2) is 8.78 Å². The topological polar surface area (TPSA) is 61.9 Å². The summed E-state index contributed by atoms with van der Waals surface area (Å²) in [6, 6.07) is 16.8. The summed E-state index contributed by atoms with van der Waals surface area (Å²) in [4.78, 5) is 2.01. The number of halogens is 2. The van der Waals surface area contributed by atoms with E-state index in [-0.39, 0.29) is 18.0 Å². The molecule has 3 aromatic rings. The Labute approximate surface area is 186 Å². The Morgan fingerprint density at radius 3 is 1.59 bits per heavy atom. The maximum Gasteiger partial charge on any atom is 0.190 e. The fourth-order valence-corrected chi connectivity index (χ4v) is 2.70. The molecule has 0 saturated carbocycles. The van der Waals surface area contributed by atoms with Crippen molar-refractivity contribution in [3.8, 4) is 5.75 Å². The highest BCUT2D eigenvalue weighted by atomic mass is 19.1. The molecule has 0 bridgehead atoms. The lowest BCUT2D eigenvalue weighted by atomic mass is 10.2. The molecular weight excluding hydrogens is 412 g/mol. The van der Waals surface area contributed by atoms with Gasteiger partial charge in [-0.1, -0.05) is 13.3 Å². The van der Waals surface area contributed by atoms with Crippen LogP contribution in [0.5, 0.6) is 5.75 Å². The molecule has 0 fully saturated rings. The van der Waals surface area contributed by atoms with Crippen molar-refractivity contribution >= 4 is 28.4 Å². The second-order valence-electron chi connectivity index (χ2n) is 7.27. The molecule has 0 N–H and O–H groups in total. The lowest BCUT2D eigenvalue weighted by Crippen LogP contribution is -2.07. The molecule has 166 valence electrons. The molecule has 6 nitrogen and oxygen atoms in total. The number of azo groups is 2. The molecule has 0 heterocycles. The molecule has 3 aromatic carbocycles. The van der Waals surface area contributed by atoms with Crippen molar-refractivity contribution in [2.75, 3.05) is 25.6 Å². The van der Waals surface area contributed by atoms with Crippen LogP contribution in [0.15, 0.2) is 81.1 Å². The van der Waals surface area contributed by atoms with Crippen molar-refractivity contribution in [1.82, 2.24) is 0 Å². The first kappa shape index (κ1) is 23.0. The summed E-state index contributed by atoms with van der Waals surface area (Å²) in [7, 11) is 3.95. The predicted molar refractivity (Wildman–Crippen MR) is 122 cm³/mol. The second kappa shape index (κ2) is 11.1. The van der Waals surface area contributed by atoms with E-state index in [2.05, 4.69) is 20.5 Å². The molecule has 8 heteroatoms. The van der Waals surface area contributed by atoms with Crippen LogP contribution in [0.2, 0.25) is 0 Å². The van der Waals surface area contributed by atoms with Gasteiger partial charge in [-0.15, -0.1) is 0 Å². The highest BCUT2D eigenvalue weighted by Gasteiger charge is 2.12. The van der Waals surface area contributed by atoms with E-state index >= 15 is 0 Å². The summed E-state index contributed by atoms with van der Waals surface area (Å²) < 4.78 is 33.4. The van der Waals surface area contributed by atoms with Gasteiger partial charge in [0.15, 0.2) is 17.4 Å². The molecule has 3 rings (SSSR count). The summed E-state index contributed by atoms with van der Waals surface area (Å²) in [6.07, 6.45) is 1.60. The maximum absolute atomic E-state index is 14.1. The molecule has 0 aromatic heterocycles. The number of unbranched alkanes of at least 4 members (excludes halogenated alkanes) is 1. The van der Waals surface area contributed by atoms with Crippen molar-refractivity contribution in [2.24, 2.45) is 20.5 Å². The highest BCUT2D eigenvalue weighted by molar-refractivity contribution is 5.52. The van der Waals surface area contributed by atoms with Crippen LogP contribution in [-0.4, -0.2) is 20.7 Å². The van der Waals surface area contributed by atoms with Crippen LogP contribution < -0.4 is 9.64 Å². The van der Waals surface area contributed by atoms with Gasteiger partial charge in [-0.05, 0) is 55.0 Å². The molecular formula is C24H25F2N5O. The first-order valence-electron chi connectivity index (χ1n) is 10.3. The van der Waals surface area contributed by atoms with Crippen LogP contribution in [0.1, 0.15) is 19.8 Å². The minimum atomic E-state index is -0.801. The minimum Gasteiger partial charge on any atom is -0.488 e. The Kier molecular flexibility index (Phi) is 7.96. The molecule has 0 aliphatic rings. The molecule has 0 amide bonds. The van der Waals surface area contributed by atoms with E-state index in [4.69, 9.17) is 4.74 Å². The fraction of sp³-hybridized carbons (Fsp3) is 0.250. The SMILES string of the molecule is CCCCOc1c(F)cc(N=Nc2ccc(N=Nc3ccc(N(C)C)cc3)cc2)cc1F.